The summed E-state index contributed by atoms with van der Waals surface area (Å²) >= 11 is 3.44. The highest BCUT2D eigenvalue weighted by molar-refractivity contribution is 9.09. The molecule has 4 unspecified atom stereocenters. The monoisotopic (exact) mass is 319 g/mol. The number of ether oxygens (including phenoxy) is 1. The quantitative estimate of drug-likeness (QED) is 0.704. The normalized spacial score (nSPS) is 31.6. The van der Waals surface area contributed by atoms with Gasteiger partial charge >= 0.3 is 0 Å². The van der Waals surface area contributed by atoms with Crippen LogP contribution in [0.5, 0.6) is 0 Å². The predicted molar refractivity (Wildman–Crippen MR) is 77.9 cm³/mol. The number of halogens is 1. The molecule has 0 spiro atoms. The van der Waals surface area contributed by atoms with E-state index in [0.717, 1.165) is 31.3 Å². The van der Waals surface area contributed by atoms with E-state index in [1.807, 2.05) is 11.8 Å². The highest BCUT2D eigenvalue weighted by Gasteiger charge is 2.42. The lowest BCUT2D eigenvalue weighted by Crippen LogP contribution is -2.42. The molecule has 0 saturated carbocycles. The van der Waals surface area contributed by atoms with Crippen molar-refractivity contribution in [3.05, 3.63) is 0 Å². The second-order valence-corrected chi connectivity index (χ2v) is 6.09. The molecule has 1 saturated heterocycles. The third-order valence-electron chi connectivity index (χ3n) is 3.97. The first-order valence-electron chi connectivity index (χ1n) is 7.03. The van der Waals surface area contributed by atoms with Gasteiger partial charge in [-0.2, -0.15) is 0 Å². The van der Waals surface area contributed by atoms with E-state index in [0.29, 0.717) is 5.92 Å². The molecule has 0 aromatic rings. The fourth-order valence-electron chi connectivity index (χ4n) is 2.69. The minimum absolute atomic E-state index is 0.0240. The molecular formula is C14H26BrNO2. The topological polar surface area (TPSA) is 29.5 Å². The molecule has 1 rings (SSSR count). The lowest BCUT2D eigenvalue weighted by atomic mass is 9.88. The number of hydrogen-bond donors (Lipinski definition) is 0. The first-order chi connectivity index (χ1) is 8.52. The van der Waals surface area contributed by atoms with Crippen molar-refractivity contribution in [1.29, 1.82) is 0 Å². The molecule has 1 amide bonds. The summed E-state index contributed by atoms with van der Waals surface area (Å²) in [6.45, 7) is 10.0. The average Bonchev–Trinajstić information content (AvgIpc) is 2.58. The summed E-state index contributed by atoms with van der Waals surface area (Å²) in [5.41, 5.74) is 0. The number of nitrogens with zero attached hydrogens (tertiary/aromatic N) is 1. The van der Waals surface area contributed by atoms with Crippen LogP contribution in [0.15, 0.2) is 0 Å². The molecule has 0 aliphatic carbocycles. The Labute approximate surface area is 119 Å². The number of carbonyl (C=O) groups is 1. The Kier molecular flexibility index (Phi) is 6.64. The summed E-state index contributed by atoms with van der Waals surface area (Å²) in [4.78, 5) is 14.6. The molecule has 0 N–H and O–H groups in total. The predicted octanol–water partition coefficient (Wildman–Crippen LogP) is 3.07. The molecule has 1 aliphatic rings. The number of amides is 1. The van der Waals surface area contributed by atoms with Crippen LogP contribution in [-0.4, -0.2) is 41.4 Å². The highest BCUT2D eigenvalue weighted by atomic mass is 79.9. The van der Waals surface area contributed by atoms with Crippen LogP contribution in [0.2, 0.25) is 0 Å². The van der Waals surface area contributed by atoms with Crippen molar-refractivity contribution in [2.45, 2.75) is 52.7 Å². The molecule has 1 aliphatic heterocycles. The minimum atomic E-state index is 0.0240. The number of alkyl halides is 1. The zero-order valence-electron chi connectivity index (χ0n) is 12.0. The maximum Gasteiger partial charge on any atom is 0.228 e. The lowest BCUT2D eigenvalue weighted by Gasteiger charge is -2.28. The van der Waals surface area contributed by atoms with Gasteiger partial charge in [0.25, 0.3) is 0 Å². The number of rotatable bonds is 6. The summed E-state index contributed by atoms with van der Waals surface area (Å²) < 4.78 is 5.78. The van der Waals surface area contributed by atoms with Crippen LogP contribution in [0.1, 0.15) is 40.5 Å². The average molecular weight is 320 g/mol. The zero-order chi connectivity index (χ0) is 13.7. The molecule has 0 radical (unpaired) electrons. The van der Waals surface area contributed by atoms with Gasteiger partial charge in [0.1, 0.15) is 0 Å². The van der Waals surface area contributed by atoms with Crippen molar-refractivity contribution >= 4 is 21.8 Å². The Bertz CT molecular complexity index is 273. The number of unbranched alkanes of at least 4 members (excludes halogenated alkanes) is 1. The van der Waals surface area contributed by atoms with Gasteiger partial charge < -0.3 is 9.64 Å². The fourth-order valence-corrected chi connectivity index (χ4v) is 3.11. The minimum Gasteiger partial charge on any atom is -0.374 e. The van der Waals surface area contributed by atoms with Crippen LogP contribution in [0, 0.1) is 11.8 Å². The van der Waals surface area contributed by atoms with Gasteiger partial charge in [-0.3, -0.25) is 4.79 Å². The number of carbonyl (C=O) groups excluding carboxylic acids is 1. The summed E-state index contributed by atoms with van der Waals surface area (Å²) in [5.74, 6) is 0.607. The van der Waals surface area contributed by atoms with Crippen molar-refractivity contribution in [2.75, 3.05) is 18.4 Å². The second kappa shape index (κ2) is 7.49. The van der Waals surface area contributed by atoms with E-state index in [9.17, 15) is 4.79 Å². The standard InChI is InChI=1S/C14H26BrNO2/c1-5-6-8-16(9-7-15)14(17)13-10(2)11(3)18-12(13)4/h10-13H,5-9H2,1-4H3. The lowest BCUT2D eigenvalue weighted by molar-refractivity contribution is -0.137. The van der Waals surface area contributed by atoms with Gasteiger partial charge in [-0.15, -0.1) is 0 Å². The summed E-state index contributed by atoms with van der Waals surface area (Å²) in [6, 6.07) is 0. The highest BCUT2D eigenvalue weighted by Crippen LogP contribution is 2.33. The smallest absolute Gasteiger partial charge is 0.228 e. The van der Waals surface area contributed by atoms with Crippen LogP contribution in [0.3, 0.4) is 0 Å². The van der Waals surface area contributed by atoms with Crippen LogP contribution in [0.25, 0.3) is 0 Å². The molecule has 18 heavy (non-hydrogen) atoms. The van der Waals surface area contributed by atoms with Gasteiger partial charge in [0.2, 0.25) is 5.91 Å². The van der Waals surface area contributed by atoms with E-state index in [1.165, 1.54) is 0 Å². The van der Waals surface area contributed by atoms with E-state index in [4.69, 9.17) is 4.74 Å². The molecule has 106 valence electrons. The van der Waals surface area contributed by atoms with Crippen molar-refractivity contribution in [3.63, 3.8) is 0 Å². The summed E-state index contributed by atoms with van der Waals surface area (Å²) in [5, 5.41) is 0.842. The number of hydrogen-bond acceptors (Lipinski definition) is 2. The molecular weight excluding hydrogens is 294 g/mol. The molecule has 4 heteroatoms. The summed E-state index contributed by atoms with van der Waals surface area (Å²) in [6.07, 6.45) is 2.42. The molecule has 0 aromatic carbocycles. The van der Waals surface area contributed by atoms with Gasteiger partial charge in [0.15, 0.2) is 0 Å². The third-order valence-corrected chi connectivity index (χ3v) is 4.33. The maximum atomic E-state index is 12.6. The van der Waals surface area contributed by atoms with E-state index >= 15 is 0 Å². The van der Waals surface area contributed by atoms with Gasteiger partial charge in [0.05, 0.1) is 18.1 Å². The van der Waals surface area contributed by atoms with E-state index in [-0.39, 0.29) is 24.0 Å². The first kappa shape index (κ1) is 16.0. The van der Waals surface area contributed by atoms with Crippen LogP contribution in [-0.2, 0) is 9.53 Å². The van der Waals surface area contributed by atoms with Gasteiger partial charge in [0, 0.05) is 18.4 Å². The van der Waals surface area contributed by atoms with Crippen molar-refractivity contribution in [2.24, 2.45) is 11.8 Å². The zero-order valence-corrected chi connectivity index (χ0v) is 13.6. The van der Waals surface area contributed by atoms with E-state index < -0.39 is 0 Å². The second-order valence-electron chi connectivity index (χ2n) is 5.30. The Balaban J connectivity index is 2.69. The van der Waals surface area contributed by atoms with E-state index in [1.54, 1.807) is 0 Å². The molecule has 1 heterocycles. The van der Waals surface area contributed by atoms with Gasteiger partial charge in [-0.05, 0) is 26.2 Å². The van der Waals surface area contributed by atoms with E-state index in [2.05, 4.69) is 36.7 Å². The summed E-state index contributed by atoms with van der Waals surface area (Å²) in [7, 11) is 0. The molecule has 4 atom stereocenters. The largest absolute Gasteiger partial charge is 0.374 e. The molecule has 0 bridgehead atoms. The van der Waals surface area contributed by atoms with Crippen LogP contribution < -0.4 is 0 Å². The SMILES string of the molecule is CCCCN(CCBr)C(=O)C1C(C)OC(C)C1C. The van der Waals surface area contributed by atoms with Crippen molar-refractivity contribution in [3.8, 4) is 0 Å². The first-order valence-corrected chi connectivity index (χ1v) is 8.15. The Morgan fingerprint density at radius 1 is 1.22 bits per heavy atom. The Hall–Kier alpha value is -0.0900. The maximum absolute atomic E-state index is 12.6. The Morgan fingerprint density at radius 3 is 2.33 bits per heavy atom. The molecule has 0 aromatic heterocycles. The van der Waals surface area contributed by atoms with Gasteiger partial charge in [-0.1, -0.05) is 36.2 Å². The van der Waals surface area contributed by atoms with Crippen LogP contribution >= 0.6 is 15.9 Å². The molecule has 3 nitrogen and oxygen atoms in total. The van der Waals surface area contributed by atoms with Gasteiger partial charge in [-0.25, -0.2) is 0 Å². The third kappa shape index (κ3) is 3.70. The fraction of sp³-hybridized carbons (Fsp3) is 0.929. The Morgan fingerprint density at radius 2 is 1.89 bits per heavy atom. The van der Waals surface area contributed by atoms with Crippen molar-refractivity contribution in [1.82, 2.24) is 4.90 Å². The van der Waals surface area contributed by atoms with Crippen LogP contribution in [0.4, 0.5) is 0 Å². The van der Waals surface area contributed by atoms with Crippen molar-refractivity contribution < 1.29 is 9.53 Å². The molecule has 1 fully saturated rings.